The summed E-state index contributed by atoms with van der Waals surface area (Å²) in [5.74, 6) is -0.239. The molecule has 17 heteroatoms. The number of nitriles is 1. The second-order valence-electron chi connectivity index (χ2n) is 24.6. The van der Waals surface area contributed by atoms with Gasteiger partial charge in [0.1, 0.15) is 63.7 Å². The van der Waals surface area contributed by atoms with Gasteiger partial charge in [-0.15, -0.1) is 0 Å². The first-order valence-corrected chi connectivity index (χ1v) is 31.3. The van der Waals surface area contributed by atoms with Gasteiger partial charge < -0.3 is 52.8 Å². The molecule has 8 aliphatic rings. The third-order valence-electron chi connectivity index (χ3n) is 17.0. The second kappa shape index (κ2) is 32.0. The minimum atomic E-state index is -3.94. The fourth-order valence-corrected chi connectivity index (χ4v) is 13.6. The van der Waals surface area contributed by atoms with Crippen LogP contribution in [0, 0.1) is 30.1 Å². The van der Waals surface area contributed by atoms with Gasteiger partial charge in [0.05, 0.1) is 106 Å². The number of aryl methyl sites for hydroxylation is 1. The molecule has 440 valence electrons. The van der Waals surface area contributed by atoms with E-state index in [2.05, 4.69) is 18.7 Å². The molecule has 0 amide bonds. The molecule has 10 unspecified atom stereocenters. The first-order valence-electron chi connectivity index (χ1n) is 29.8. The van der Waals surface area contributed by atoms with Crippen LogP contribution in [0.5, 0.6) is 0 Å². The molecule has 0 spiro atoms. The first kappa shape index (κ1) is 66.7. The molecule has 6 aliphatic heterocycles. The zero-order valence-corrected chi connectivity index (χ0v) is 50.4. The average Bonchev–Trinajstić information content (AvgIpc) is 3.38. The van der Waals surface area contributed by atoms with E-state index in [1.807, 2.05) is 62.3 Å². The summed E-state index contributed by atoms with van der Waals surface area (Å²) in [6, 6.07) is 8.15. The summed E-state index contributed by atoms with van der Waals surface area (Å²) in [4.78, 5) is 2.71. The van der Waals surface area contributed by atoms with E-state index in [-0.39, 0.29) is 54.0 Å². The monoisotopic (exact) mass is 1100 g/mol. The van der Waals surface area contributed by atoms with Crippen molar-refractivity contribution in [1.82, 2.24) is 4.90 Å². The maximum atomic E-state index is 12.5. The molecule has 2 saturated carbocycles. The highest BCUT2D eigenvalue weighted by Crippen LogP contribution is 2.37. The number of piperazine rings is 6. The lowest BCUT2D eigenvalue weighted by Gasteiger charge is -2.57. The number of unbranched alkanes of at least 4 members (excludes halogenated alkanes) is 6. The molecule has 0 radical (unpaired) electrons. The predicted octanol–water partition coefficient (Wildman–Crippen LogP) is 6.83. The summed E-state index contributed by atoms with van der Waals surface area (Å²) in [7, 11) is -3.94. The molecule has 4 bridgehead atoms. The highest BCUT2D eigenvalue weighted by atomic mass is 32.2. The Morgan fingerprint density at radius 3 is 1.37 bits per heavy atom. The van der Waals surface area contributed by atoms with E-state index >= 15 is 0 Å². The molecule has 2 aliphatic carbocycles. The lowest BCUT2D eigenvalue weighted by atomic mass is 9.79. The minimum Gasteiger partial charge on any atom is -0.388 e. The second-order valence-corrected chi connectivity index (χ2v) is 26.2. The zero-order valence-electron chi connectivity index (χ0n) is 49.6. The number of aliphatic hydroxyl groups excluding tert-OH is 4. The van der Waals surface area contributed by atoms with Crippen molar-refractivity contribution in [3.63, 3.8) is 0 Å². The van der Waals surface area contributed by atoms with Gasteiger partial charge in [0.2, 0.25) is 0 Å². The van der Waals surface area contributed by atoms with Crippen LogP contribution >= 0.6 is 0 Å². The number of benzene rings is 1. The molecule has 6 saturated heterocycles. The molecule has 8 fully saturated rings. The lowest BCUT2D eigenvalue weighted by Crippen LogP contribution is -2.76. The van der Waals surface area contributed by atoms with Crippen molar-refractivity contribution in [3.8, 4) is 6.07 Å². The highest BCUT2D eigenvalue weighted by molar-refractivity contribution is 7.86. The van der Waals surface area contributed by atoms with Crippen molar-refractivity contribution in [3.05, 3.63) is 29.8 Å². The predicted molar refractivity (Wildman–Crippen MR) is 300 cm³/mol. The lowest BCUT2D eigenvalue weighted by molar-refractivity contribution is -1.08. The van der Waals surface area contributed by atoms with Gasteiger partial charge in [0.25, 0.3) is 10.1 Å². The van der Waals surface area contributed by atoms with E-state index in [4.69, 9.17) is 28.4 Å². The summed E-state index contributed by atoms with van der Waals surface area (Å²) < 4.78 is 58.0. The molecule has 6 heterocycles. The highest BCUT2D eigenvalue weighted by Gasteiger charge is 2.54. The Balaban J connectivity index is 0.000000254. The van der Waals surface area contributed by atoms with Gasteiger partial charge in [0.15, 0.2) is 0 Å². The normalized spacial score (nSPS) is 34.0. The number of nitrogens with zero attached hydrogens (tertiary/aromatic N) is 5. The third kappa shape index (κ3) is 20.3. The standard InChI is InChI=1S/C25H50N2O4.C20H32O7S.C12H25N2.C2H3N/c1-6-7-8-9-10-26-11-14-27(15-12-26,16-13-26)18-21-17-22(30-19(2)3)23(28)24(29)25(21)31-20(4)5;1-12(2)26-17-10-15(20(27-13(3)4)19(22)18(17)21)11-25-28(23,24)16-8-6-14(5)7-9-16;1-2-3-4-5-9-14-10-6-13(7-11-14)8-12-14;1-2-3/h19-25,28-29H,6-18H2,1-5H3;6-9,12-13,15,17-22H,10-11H2,1-5H3;2-12H2,1H3;1H3/q+2;;+1;. The van der Waals surface area contributed by atoms with E-state index < -0.39 is 52.7 Å². The number of ether oxygens (including phenoxy) is 4. The van der Waals surface area contributed by atoms with Gasteiger partial charge in [-0.25, -0.2) is 0 Å². The Labute approximate surface area is 461 Å². The van der Waals surface area contributed by atoms with Crippen LogP contribution < -0.4 is 0 Å². The van der Waals surface area contributed by atoms with Crippen LogP contribution in [0.25, 0.3) is 0 Å². The molecule has 10 atom stereocenters. The Kier molecular flexibility index (Phi) is 28.0. The van der Waals surface area contributed by atoms with Crippen LogP contribution in [0.3, 0.4) is 0 Å². The van der Waals surface area contributed by atoms with E-state index in [9.17, 15) is 28.8 Å². The number of aliphatic hydroxyl groups is 4. The van der Waals surface area contributed by atoms with E-state index in [0.29, 0.717) is 6.42 Å². The van der Waals surface area contributed by atoms with Crippen LogP contribution in [0.4, 0.5) is 0 Å². The first-order chi connectivity index (χ1) is 36.0. The number of hydrogen-bond acceptors (Lipinski definition) is 13. The van der Waals surface area contributed by atoms with E-state index in [1.54, 1.807) is 18.2 Å². The van der Waals surface area contributed by atoms with Gasteiger partial charge >= 0.3 is 0 Å². The van der Waals surface area contributed by atoms with Crippen molar-refractivity contribution in [2.24, 2.45) is 11.8 Å². The Morgan fingerprint density at radius 2 is 0.961 bits per heavy atom. The Morgan fingerprint density at radius 1 is 0.579 bits per heavy atom. The largest absolute Gasteiger partial charge is 0.388 e. The van der Waals surface area contributed by atoms with Crippen LogP contribution in [0.2, 0.25) is 0 Å². The van der Waals surface area contributed by atoms with Crippen LogP contribution in [-0.2, 0) is 33.2 Å². The molecular weight excluding hydrogens is 987 g/mol. The summed E-state index contributed by atoms with van der Waals surface area (Å²) >= 11 is 0. The van der Waals surface area contributed by atoms with Gasteiger partial charge in [0, 0.05) is 38.4 Å². The van der Waals surface area contributed by atoms with E-state index in [1.165, 1.54) is 171 Å². The Hall–Kier alpha value is -1.86. The van der Waals surface area contributed by atoms with Gasteiger partial charge in [-0.1, -0.05) is 57.2 Å². The fraction of sp³-hybridized carbons (Fsp3) is 0.881. The van der Waals surface area contributed by atoms with Crippen molar-refractivity contribution in [1.29, 1.82) is 5.26 Å². The molecule has 76 heavy (non-hydrogen) atoms. The molecular formula is C59H110N5O11S+3. The topological polar surface area (TPSA) is 188 Å². The number of rotatable bonds is 24. The smallest absolute Gasteiger partial charge is 0.296 e. The van der Waals surface area contributed by atoms with Crippen molar-refractivity contribution in [2.75, 3.05) is 105 Å². The van der Waals surface area contributed by atoms with Gasteiger partial charge in [-0.05, 0) is 113 Å². The zero-order chi connectivity index (χ0) is 56.3. The van der Waals surface area contributed by atoms with Gasteiger partial charge in [-0.2, -0.15) is 13.7 Å². The number of fused-ring (bicyclic) bond motifs is 6. The summed E-state index contributed by atoms with van der Waals surface area (Å²) in [5.41, 5.74) is 0.947. The van der Waals surface area contributed by atoms with E-state index in [0.717, 1.165) is 23.0 Å². The van der Waals surface area contributed by atoms with Crippen LogP contribution in [0.1, 0.15) is 146 Å². The van der Waals surface area contributed by atoms with Crippen molar-refractivity contribution < 1.29 is 65.4 Å². The average molecular weight is 1100 g/mol. The fourth-order valence-electron chi connectivity index (χ4n) is 12.7. The molecule has 1 aromatic rings. The van der Waals surface area contributed by atoms with Gasteiger partial charge in [-0.3, -0.25) is 9.08 Å². The van der Waals surface area contributed by atoms with Crippen LogP contribution in [0.15, 0.2) is 29.2 Å². The summed E-state index contributed by atoms with van der Waals surface area (Å²) in [6.45, 7) is 43.0. The number of quaternary nitrogens is 3. The maximum Gasteiger partial charge on any atom is 0.296 e. The van der Waals surface area contributed by atoms with Crippen LogP contribution in [-0.4, -0.2) is 225 Å². The minimum absolute atomic E-state index is 0.0343. The van der Waals surface area contributed by atoms with Crippen molar-refractivity contribution >= 4 is 10.1 Å². The molecule has 4 N–H and O–H groups in total. The molecule has 16 nitrogen and oxygen atoms in total. The molecule has 1 aromatic carbocycles. The Bertz CT molecular complexity index is 1890. The van der Waals surface area contributed by atoms with Crippen molar-refractivity contribution in [2.45, 2.75) is 225 Å². The quantitative estimate of drug-likeness (QED) is 0.0480. The molecule has 9 rings (SSSR count). The SMILES string of the molecule is CC#N.CCCCCC[N+]12CCN(CC1)CC2.CCCCCC[N+]12CC[N+](CC3CC(OC(C)C)C(O)C(O)C3OC(C)C)(CC1)CC2.Cc1ccc(S(=O)(=O)OCC2CC(OC(C)C)C(O)C(O)C2OC(C)C)cc1. The third-order valence-corrected chi connectivity index (χ3v) is 18.3. The molecule has 0 aromatic heterocycles. The summed E-state index contributed by atoms with van der Waals surface area (Å²) in [6.07, 6.45) is 5.89. The summed E-state index contributed by atoms with van der Waals surface area (Å²) in [5, 5.41) is 49.9. The maximum absolute atomic E-state index is 12.5. The number of hydrogen-bond donors (Lipinski definition) is 4.